The van der Waals surface area contributed by atoms with Crippen molar-refractivity contribution in [2.75, 3.05) is 26.5 Å². The molecule has 0 fully saturated rings. The fourth-order valence-electron chi connectivity index (χ4n) is 2.87. The van der Waals surface area contributed by atoms with Crippen molar-refractivity contribution in [1.29, 1.82) is 0 Å². The molecule has 0 heterocycles. The third kappa shape index (κ3) is 6.23. The maximum atomic E-state index is 12.0. The zero-order valence-electron chi connectivity index (χ0n) is 17.2. The third-order valence-corrected chi connectivity index (χ3v) is 4.55. The van der Waals surface area contributed by atoms with Crippen LogP contribution in [0.5, 0.6) is 5.75 Å². The van der Waals surface area contributed by atoms with Crippen molar-refractivity contribution in [1.82, 2.24) is 10.2 Å². The number of amides is 1. The quantitative estimate of drug-likeness (QED) is 0.673. The number of thiocarbonyl (C=S) groups is 1. The van der Waals surface area contributed by atoms with Gasteiger partial charge in [-0.05, 0) is 66.5 Å². The fraction of sp³-hybridized carbons (Fsp3) is 0.364. The Labute approximate surface area is 173 Å². The molecule has 2 aromatic rings. The average molecular weight is 400 g/mol. The second-order valence-corrected chi connectivity index (χ2v) is 7.74. The van der Waals surface area contributed by atoms with E-state index in [9.17, 15) is 4.79 Å². The van der Waals surface area contributed by atoms with Gasteiger partial charge >= 0.3 is 0 Å². The van der Waals surface area contributed by atoms with Gasteiger partial charge in [0.25, 0.3) is 5.91 Å². The van der Waals surface area contributed by atoms with Crippen LogP contribution in [0.2, 0.25) is 0 Å². The predicted molar refractivity (Wildman–Crippen MR) is 119 cm³/mol. The van der Waals surface area contributed by atoms with E-state index in [1.165, 1.54) is 0 Å². The minimum absolute atomic E-state index is 0.0243. The molecule has 1 amide bonds. The average Bonchev–Trinajstić information content (AvgIpc) is 2.67. The van der Waals surface area contributed by atoms with Crippen molar-refractivity contribution in [3.8, 4) is 5.75 Å². The van der Waals surface area contributed by atoms with Crippen LogP contribution >= 0.6 is 12.2 Å². The van der Waals surface area contributed by atoms with E-state index in [2.05, 4.69) is 36.6 Å². The zero-order chi connectivity index (χ0) is 20.7. The van der Waals surface area contributed by atoms with Crippen molar-refractivity contribution in [3.63, 3.8) is 0 Å². The van der Waals surface area contributed by atoms with Gasteiger partial charge in [-0.15, -0.1) is 0 Å². The number of rotatable bonds is 7. The van der Waals surface area contributed by atoms with E-state index in [1.54, 1.807) is 38.2 Å². The summed E-state index contributed by atoms with van der Waals surface area (Å²) in [5.41, 5.74) is 2.64. The van der Waals surface area contributed by atoms with Crippen molar-refractivity contribution < 1.29 is 9.53 Å². The van der Waals surface area contributed by atoms with Gasteiger partial charge < -0.3 is 20.3 Å². The van der Waals surface area contributed by atoms with Gasteiger partial charge in [0.2, 0.25) is 0 Å². The van der Waals surface area contributed by atoms with Gasteiger partial charge in [-0.25, -0.2) is 0 Å². The molecule has 0 bridgehead atoms. The van der Waals surface area contributed by atoms with Gasteiger partial charge in [-0.1, -0.05) is 26.0 Å². The molecule has 1 unspecified atom stereocenters. The summed E-state index contributed by atoms with van der Waals surface area (Å²) in [6.45, 7) is 4.38. The van der Waals surface area contributed by atoms with Crippen molar-refractivity contribution in [2.45, 2.75) is 26.3 Å². The summed E-state index contributed by atoms with van der Waals surface area (Å²) in [7, 11) is 5.14. The molecule has 1 atom stereocenters. The normalized spacial score (nSPS) is 11.6. The first-order chi connectivity index (χ1) is 13.3. The fourth-order valence-corrected chi connectivity index (χ4v) is 3.13. The Bertz CT molecular complexity index is 786. The molecule has 6 heteroatoms. The van der Waals surface area contributed by atoms with Crippen LogP contribution in [-0.4, -0.2) is 37.1 Å². The number of ether oxygens (including phenoxy) is 1. The first kappa shape index (κ1) is 21.7. The van der Waals surface area contributed by atoms with E-state index >= 15 is 0 Å². The van der Waals surface area contributed by atoms with Crippen molar-refractivity contribution >= 4 is 28.9 Å². The van der Waals surface area contributed by atoms with Crippen molar-refractivity contribution in [3.05, 3.63) is 59.7 Å². The highest BCUT2D eigenvalue weighted by Crippen LogP contribution is 2.24. The summed E-state index contributed by atoms with van der Waals surface area (Å²) in [6, 6.07) is 15.4. The van der Waals surface area contributed by atoms with E-state index in [0.717, 1.165) is 23.4 Å². The highest BCUT2D eigenvalue weighted by Gasteiger charge is 2.15. The number of hydrogen-bond acceptors (Lipinski definition) is 3. The second kappa shape index (κ2) is 10.1. The highest BCUT2D eigenvalue weighted by molar-refractivity contribution is 7.80. The van der Waals surface area contributed by atoms with Crippen molar-refractivity contribution in [2.24, 2.45) is 5.92 Å². The predicted octanol–water partition coefficient (Wildman–Crippen LogP) is 4.47. The minimum Gasteiger partial charge on any atom is -0.497 e. The van der Waals surface area contributed by atoms with Crippen LogP contribution in [-0.2, 0) is 0 Å². The van der Waals surface area contributed by atoms with E-state index in [4.69, 9.17) is 17.0 Å². The Morgan fingerprint density at radius 3 is 2.18 bits per heavy atom. The van der Waals surface area contributed by atoms with E-state index in [0.29, 0.717) is 16.6 Å². The number of carbonyl (C=O) groups is 1. The molecule has 0 radical (unpaired) electrons. The lowest BCUT2D eigenvalue weighted by molar-refractivity contribution is 0.0827. The Hall–Kier alpha value is -2.60. The molecule has 0 aromatic heterocycles. The molecule has 2 rings (SSSR count). The summed E-state index contributed by atoms with van der Waals surface area (Å²) < 4.78 is 5.25. The maximum absolute atomic E-state index is 12.0. The van der Waals surface area contributed by atoms with Gasteiger partial charge in [0, 0.05) is 25.3 Å². The van der Waals surface area contributed by atoms with Gasteiger partial charge in [-0.2, -0.15) is 0 Å². The first-order valence-corrected chi connectivity index (χ1v) is 9.74. The third-order valence-electron chi connectivity index (χ3n) is 4.33. The van der Waals surface area contributed by atoms with Gasteiger partial charge in [-0.3, -0.25) is 4.79 Å². The van der Waals surface area contributed by atoms with E-state index < -0.39 is 0 Å². The molecule has 28 heavy (non-hydrogen) atoms. The molecular formula is C22H29N3O2S. The van der Waals surface area contributed by atoms with E-state index in [1.807, 2.05) is 24.3 Å². The summed E-state index contributed by atoms with van der Waals surface area (Å²) in [6.07, 6.45) is 0.949. The summed E-state index contributed by atoms with van der Waals surface area (Å²) in [5, 5.41) is 7.16. The Morgan fingerprint density at radius 1 is 1.07 bits per heavy atom. The Kier molecular flexibility index (Phi) is 7.81. The van der Waals surface area contributed by atoms with Crippen LogP contribution < -0.4 is 15.4 Å². The lowest BCUT2D eigenvalue weighted by Crippen LogP contribution is -2.33. The number of carbonyl (C=O) groups excluding carboxylic acids is 1. The molecule has 0 saturated heterocycles. The van der Waals surface area contributed by atoms with Crippen LogP contribution in [0.25, 0.3) is 0 Å². The Morgan fingerprint density at radius 2 is 1.68 bits per heavy atom. The molecule has 0 aliphatic heterocycles. The van der Waals surface area contributed by atoms with Crippen LogP contribution in [0.1, 0.15) is 42.2 Å². The SMILES string of the molecule is COc1ccc(C(CC(C)C)NC(=S)Nc2ccc(C(=O)N(C)C)cc2)cc1. The summed E-state index contributed by atoms with van der Waals surface area (Å²) in [5.74, 6) is 1.32. The maximum Gasteiger partial charge on any atom is 0.253 e. The van der Waals surface area contributed by atoms with Crippen LogP contribution in [0.4, 0.5) is 5.69 Å². The molecule has 0 saturated carbocycles. The van der Waals surface area contributed by atoms with Crippen LogP contribution in [0.3, 0.4) is 0 Å². The lowest BCUT2D eigenvalue weighted by atomic mass is 9.97. The summed E-state index contributed by atoms with van der Waals surface area (Å²) >= 11 is 5.52. The molecule has 2 aromatic carbocycles. The number of nitrogens with one attached hydrogen (secondary N) is 2. The number of anilines is 1. The monoisotopic (exact) mass is 399 g/mol. The molecule has 2 N–H and O–H groups in total. The molecular weight excluding hydrogens is 370 g/mol. The second-order valence-electron chi connectivity index (χ2n) is 7.33. The van der Waals surface area contributed by atoms with E-state index in [-0.39, 0.29) is 11.9 Å². The molecule has 0 aliphatic rings. The molecule has 0 aliphatic carbocycles. The van der Waals surface area contributed by atoms with Crippen LogP contribution in [0, 0.1) is 5.92 Å². The highest BCUT2D eigenvalue weighted by atomic mass is 32.1. The molecule has 0 spiro atoms. The number of methoxy groups -OCH3 is 1. The Balaban J connectivity index is 2.05. The van der Waals surface area contributed by atoms with Gasteiger partial charge in [0.1, 0.15) is 5.75 Å². The van der Waals surface area contributed by atoms with Gasteiger partial charge in [0.05, 0.1) is 13.2 Å². The topological polar surface area (TPSA) is 53.6 Å². The van der Waals surface area contributed by atoms with Gasteiger partial charge in [0.15, 0.2) is 5.11 Å². The number of hydrogen-bond donors (Lipinski definition) is 2. The zero-order valence-corrected chi connectivity index (χ0v) is 18.0. The standard InChI is InChI=1S/C22H29N3O2S/c1-15(2)14-20(16-8-12-19(27-5)13-9-16)24-22(28)23-18-10-6-17(7-11-18)21(26)25(3)4/h6-13,15,20H,14H2,1-5H3,(H2,23,24,28). The largest absolute Gasteiger partial charge is 0.497 e. The molecule has 150 valence electrons. The lowest BCUT2D eigenvalue weighted by Gasteiger charge is -2.23. The summed E-state index contributed by atoms with van der Waals surface area (Å²) in [4.78, 5) is 13.5. The smallest absolute Gasteiger partial charge is 0.253 e. The minimum atomic E-state index is -0.0243. The number of nitrogens with zero attached hydrogens (tertiary/aromatic N) is 1. The van der Waals surface area contributed by atoms with Crippen LogP contribution in [0.15, 0.2) is 48.5 Å². The molecule has 5 nitrogen and oxygen atoms in total. The number of benzene rings is 2. The first-order valence-electron chi connectivity index (χ1n) is 9.33.